The molecule has 1 saturated carbocycles. The standard InChI is InChI=1S/C8H14BF3N.K/c10-9(11,12)7-3-5-13(6-4-7)8-1-2-8;/h7-8H,1-6H2;/q-1;+1. The van der Waals surface area contributed by atoms with Crippen molar-refractivity contribution in [3.05, 3.63) is 0 Å². The molecule has 0 unspecified atom stereocenters. The third-order valence-electron chi connectivity index (χ3n) is 3.17. The van der Waals surface area contributed by atoms with Gasteiger partial charge in [0.2, 0.25) is 0 Å². The Morgan fingerprint density at radius 3 is 1.79 bits per heavy atom. The topological polar surface area (TPSA) is 3.24 Å². The summed E-state index contributed by atoms with van der Waals surface area (Å²) in [4.78, 5) is 2.22. The van der Waals surface area contributed by atoms with Crippen molar-refractivity contribution in [2.75, 3.05) is 13.1 Å². The van der Waals surface area contributed by atoms with Gasteiger partial charge in [0.15, 0.2) is 0 Å². The largest absolute Gasteiger partial charge is 1.00 e. The zero-order valence-corrected chi connectivity index (χ0v) is 11.7. The molecular formula is C8H14BF3KN. The second-order valence-corrected chi connectivity index (χ2v) is 4.23. The summed E-state index contributed by atoms with van der Waals surface area (Å²) in [6.07, 6.45) is 3.06. The summed E-state index contributed by atoms with van der Waals surface area (Å²) >= 11 is 0. The first-order valence-corrected chi connectivity index (χ1v) is 5.01. The van der Waals surface area contributed by atoms with Gasteiger partial charge in [0.25, 0.3) is 0 Å². The molecule has 0 aromatic carbocycles. The van der Waals surface area contributed by atoms with Crippen LogP contribution in [0.1, 0.15) is 25.7 Å². The Kier molecular flexibility index (Phi) is 5.01. The predicted octanol–water partition coefficient (Wildman–Crippen LogP) is -0.534. The number of likely N-dealkylation sites (tertiary alicyclic amines) is 1. The van der Waals surface area contributed by atoms with Crippen LogP contribution in [-0.2, 0) is 0 Å². The molecule has 0 spiro atoms. The molecular weight excluding hydrogens is 217 g/mol. The molecule has 0 aromatic rings. The molecule has 2 fully saturated rings. The first-order chi connectivity index (χ1) is 6.07. The van der Waals surface area contributed by atoms with Gasteiger partial charge in [-0.1, -0.05) is 18.7 Å². The second-order valence-electron chi connectivity index (χ2n) is 4.23. The summed E-state index contributed by atoms with van der Waals surface area (Å²) in [6.45, 7) is -3.25. The summed E-state index contributed by atoms with van der Waals surface area (Å²) in [5.74, 6) is -0.977. The van der Waals surface area contributed by atoms with Crippen molar-refractivity contribution in [3.63, 3.8) is 0 Å². The van der Waals surface area contributed by atoms with E-state index in [0.29, 0.717) is 32.0 Å². The molecule has 0 atom stereocenters. The van der Waals surface area contributed by atoms with E-state index in [1.54, 1.807) is 0 Å². The second kappa shape index (κ2) is 5.19. The predicted molar refractivity (Wildman–Crippen MR) is 46.7 cm³/mol. The SMILES string of the molecule is F[B-](F)(F)C1CCN(C2CC2)CC1.[K+]. The average Bonchev–Trinajstić information content (AvgIpc) is 2.85. The van der Waals surface area contributed by atoms with Crippen LogP contribution in [0, 0.1) is 0 Å². The van der Waals surface area contributed by atoms with Crippen molar-refractivity contribution in [2.45, 2.75) is 37.5 Å². The third kappa shape index (κ3) is 3.49. The summed E-state index contributed by atoms with van der Waals surface area (Å²) in [6, 6.07) is 0.627. The van der Waals surface area contributed by atoms with Gasteiger partial charge in [-0.15, -0.1) is 0 Å². The fraction of sp³-hybridized carbons (Fsp3) is 1.00. The molecule has 2 rings (SSSR count). The maximum Gasteiger partial charge on any atom is 1.00 e. The number of piperidine rings is 1. The van der Waals surface area contributed by atoms with Gasteiger partial charge in [0.05, 0.1) is 0 Å². The van der Waals surface area contributed by atoms with E-state index in [-0.39, 0.29) is 51.4 Å². The molecule has 1 saturated heterocycles. The Morgan fingerprint density at radius 2 is 1.43 bits per heavy atom. The smallest absolute Gasteiger partial charge is 0.449 e. The minimum absolute atomic E-state index is 0. The minimum Gasteiger partial charge on any atom is -0.449 e. The van der Waals surface area contributed by atoms with Gasteiger partial charge in [-0.05, 0) is 25.9 Å². The van der Waals surface area contributed by atoms with Crippen molar-refractivity contribution in [3.8, 4) is 0 Å². The molecule has 14 heavy (non-hydrogen) atoms. The van der Waals surface area contributed by atoms with Gasteiger partial charge in [-0.25, -0.2) is 0 Å². The van der Waals surface area contributed by atoms with E-state index >= 15 is 0 Å². The van der Waals surface area contributed by atoms with Crippen LogP contribution in [0.3, 0.4) is 0 Å². The first-order valence-electron chi connectivity index (χ1n) is 5.01. The fourth-order valence-corrected chi connectivity index (χ4v) is 2.10. The molecule has 0 aromatic heterocycles. The van der Waals surface area contributed by atoms with Crippen LogP contribution in [0.15, 0.2) is 0 Å². The zero-order valence-electron chi connectivity index (χ0n) is 8.56. The van der Waals surface area contributed by atoms with Crippen LogP contribution >= 0.6 is 0 Å². The van der Waals surface area contributed by atoms with E-state index in [4.69, 9.17) is 0 Å². The summed E-state index contributed by atoms with van der Waals surface area (Å²) in [7, 11) is 0. The number of nitrogens with zero attached hydrogens (tertiary/aromatic N) is 1. The van der Waals surface area contributed by atoms with Crippen LogP contribution in [0.5, 0.6) is 0 Å². The maximum atomic E-state index is 12.3. The van der Waals surface area contributed by atoms with Crippen molar-refractivity contribution in [1.82, 2.24) is 4.90 Å². The first kappa shape index (κ1) is 13.5. The quantitative estimate of drug-likeness (QED) is 0.577. The third-order valence-corrected chi connectivity index (χ3v) is 3.17. The Hall–Kier alpha value is 1.45. The van der Waals surface area contributed by atoms with Crippen LogP contribution in [-0.4, -0.2) is 31.0 Å². The van der Waals surface area contributed by atoms with Crippen LogP contribution in [0.25, 0.3) is 0 Å². The van der Waals surface area contributed by atoms with E-state index in [2.05, 4.69) is 4.90 Å². The molecule has 1 aliphatic heterocycles. The monoisotopic (exact) mass is 231 g/mol. The molecule has 2 aliphatic rings. The Morgan fingerprint density at radius 1 is 0.929 bits per heavy atom. The molecule has 1 nitrogen and oxygen atoms in total. The number of rotatable bonds is 2. The van der Waals surface area contributed by atoms with Crippen molar-refractivity contribution in [1.29, 1.82) is 0 Å². The Balaban J connectivity index is 0.000000980. The molecule has 0 radical (unpaired) electrons. The number of halogens is 3. The Bertz CT molecular complexity index is 188. The van der Waals surface area contributed by atoms with Crippen molar-refractivity contribution in [2.24, 2.45) is 0 Å². The zero-order chi connectivity index (χ0) is 9.47. The molecule has 76 valence electrons. The summed E-state index contributed by atoms with van der Waals surface area (Å²) in [5, 5.41) is 0. The minimum atomic E-state index is -4.58. The summed E-state index contributed by atoms with van der Waals surface area (Å²) in [5.41, 5.74) is 0. The van der Waals surface area contributed by atoms with Gasteiger partial charge < -0.3 is 17.8 Å². The summed E-state index contributed by atoms with van der Waals surface area (Å²) < 4.78 is 37.0. The van der Waals surface area contributed by atoms with Gasteiger partial charge in [-0.3, -0.25) is 0 Å². The number of hydrogen-bond donors (Lipinski definition) is 0. The van der Waals surface area contributed by atoms with Crippen molar-refractivity contribution < 1.29 is 64.3 Å². The molecule has 0 N–H and O–H groups in total. The maximum absolute atomic E-state index is 12.3. The number of hydrogen-bond acceptors (Lipinski definition) is 1. The van der Waals surface area contributed by atoms with Gasteiger partial charge in [-0.2, -0.15) is 0 Å². The van der Waals surface area contributed by atoms with Crippen LogP contribution in [0.2, 0.25) is 5.82 Å². The molecule has 0 bridgehead atoms. The molecule has 1 heterocycles. The van der Waals surface area contributed by atoms with Crippen LogP contribution in [0.4, 0.5) is 12.9 Å². The average molecular weight is 231 g/mol. The Labute approximate surface area is 125 Å². The van der Waals surface area contributed by atoms with E-state index < -0.39 is 12.8 Å². The van der Waals surface area contributed by atoms with Crippen molar-refractivity contribution >= 4 is 6.98 Å². The van der Waals surface area contributed by atoms with Gasteiger partial charge in [0.1, 0.15) is 0 Å². The molecule has 0 amide bonds. The normalized spacial score (nSPS) is 25.9. The molecule has 1 aliphatic carbocycles. The van der Waals surface area contributed by atoms with E-state index in [9.17, 15) is 12.9 Å². The fourth-order valence-electron chi connectivity index (χ4n) is 2.10. The van der Waals surface area contributed by atoms with Crippen LogP contribution < -0.4 is 51.4 Å². The van der Waals surface area contributed by atoms with E-state index in [1.807, 2.05) is 0 Å². The van der Waals surface area contributed by atoms with Gasteiger partial charge >= 0.3 is 58.4 Å². The van der Waals surface area contributed by atoms with E-state index in [1.165, 1.54) is 12.8 Å². The van der Waals surface area contributed by atoms with E-state index in [0.717, 1.165) is 0 Å². The molecule has 6 heteroatoms. The van der Waals surface area contributed by atoms with Gasteiger partial charge in [0, 0.05) is 6.04 Å².